The third kappa shape index (κ3) is 2.77. The van der Waals surface area contributed by atoms with E-state index in [0.29, 0.717) is 28.2 Å². The van der Waals surface area contributed by atoms with E-state index >= 15 is 0 Å². The largest absolute Gasteiger partial charge is 0.466 e. The molecule has 4 aromatic rings. The lowest BCUT2D eigenvalue weighted by Crippen LogP contribution is -2.08. The van der Waals surface area contributed by atoms with Gasteiger partial charge in [0.05, 0.1) is 0 Å². The second-order valence-corrected chi connectivity index (χ2v) is 6.15. The van der Waals surface area contributed by atoms with Crippen LogP contribution in [0.2, 0.25) is 0 Å². The first-order valence-electron chi connectivity index (χ1n) is 8.21. The number of aryl methyl sites for hydroxylation is 2. The van der Waals surface area contributed by atoms with Crippen LogP contribution >= 0.6 is 0 Å². The zero-order valence-corrected chi connectivity index (χ0v) is 14.4. The average Bonchev–Trinajstić information content (AvgIpc) is 2.97. The summed E-state index contributed by atoms with van der Waals surface area (Å²) in [6.07, 6.45) is 0. The molecule has 2 heterocycles. The van der Waals surface area contributed by atoms with E-state index in [4.69, 9.17) is 13.6 Å². The van der Waals surface area contributed by atoms with Gasteiger partial charge in [-0.1, -0.05) is 30.3 Å². The van der Waals surface area contributed by atoms with Crippen molar-refractivity contribution in [3.8, 4) is 0 Å². The van der Waals surface area contributed by atoms with Crippen LogP contribution in [-0.4, -0.2) is 5.97 Å². The number of carbonyl (C=O) groups is 1. The van der Waals surface area contributed by atoms with Crippen LogP contribution in [0.15, 0.2) is 62.2 Å². The first-order valence-corrected chi connectivity index (χ1v) is 8.21. The Morgan fingerprint density at radius 2 is 1.85 bits per heavy atom. The Balaban J connectivity index is 1.76. The summed E-state index contributed by atoms with van der Waals surface area (Å²) in [5.74, 6) is 0.669. The number of esters is 1. The van der Waals surface area contributed by atoms with E-state index in [0.717, 1.165) is 16.2 Å². The van der Waals surface area contributed by atoms with Crippen LogP contribution in [0, 0.1) is 13.8 Å². The summed E-state index contributed by atoms with van der Waals surface area (Å²) < 4.78 is 16.1. The fourth-order valence-corrected chi connectivity index (χ4v) is 3.19. The van der Waals surface area contributed by atoms with Gasteiger partial charge in [-0.2, -0.15) is 0 Å². The van der Waals surface area contributed by atoms with Crippen LogP contribution in [0.4, 0.5) is 0 Å². The maximum Gasteiger partial charge on any atom is 0.342 e. The molecule has 0 saturated heterocycles. The molecule has 2 aromatic carbocycles. The fraction of sp³-hybridized carbons (Fsp3) is 0.143. The zero-order chi connectivity index (χ0) is 18.3. The van der Waals surface area contributed by atoms with E-state index in [2.05, 4.69) is 0 Å². The topological polar surface area (TPSA) is 69.7 Å². The van der Waals surface area contributed by atoms with Gasteiger partial charge in [-0.15, -0.1) is 0 Å². The molecule has 0 atom stereocenters. The van der Waals surface area contributed by atoms with E-state index < -0.39 is 11.6 Å². The van der Waals surface area contributed by atoms with Gasteiger partial charge in [0.1, 0.15) is 29.3 Å². The predicted molar refractivity (Wildman–Crippen MR) is 97.3 cm³/mol. The molecule has 0 bridgehead atoms. The molecule has 0 fully saturated rings. The highest BCUT2D eigenvalue weighted by Crippen LogP contribution is 2.28. The lowest BCUT2D eigenvalue weighted by Gasteiger charge is -2.09. The van der Waals surface area contributed by atoms with Crippen molar-refractivity contribution >= 4 is 27.7 Å². The van der Waals surface area contributed by atoms with E-state index in [1.54, 1.807) is 26.0 Å². The second-order valence-electron chi connectivity index (χ2n) is 6.15. The Morgan fingerprint density at radius 1 is 1.04 bits per heavy atom. The van der Waals surface area contributed by atoms with Crippen LogP contribution in [-0.2, 0) is 11.3 Å². The molecule has 0 saturated carbocycles. The Morgan fingerprint density at radius 3 is 2.62 bits per heavy atom. The zero-order valence-electron chi connectivity index (χ0n) is 14.4. The van der Waals surface area contributed by atoms with Gasteiger partial charge < -0.3 is 13.6 Å². The van der Waals surface area contributed by atoms with Gasteiger partial charge in [0.2, 0.25) is 0 Å². The molecular weight excluding hydrogens is 332 g/mol. The van der Waals surface area contributed by atoms with E-state index in [-0.39, 0.29) is 6.61 Å². The van der Waals surface area contributed by atoms with Crippen molar-refractivity contribution in [1.29, 1.82) is 0 Å². The van der Waals surface area contributed by atoms with Crippen molar-refractivity contribution in [2.75, 3.05) is 0 Å². The molecule has 5 heteroatoms. The summed E-state index contributed by atoms with van der Waals surface area (Å²) in [7, 11) is 0. The van der Waals surface area contributed by atoms with E-state index in [1.165, 1.54) is 6.07 Å². The molecule has 26 heavy (non-hydrogen) atoms. The summed E-state index contributed by atoms with van der Waals surface area (Å²) in [6.45, 7) is 3.45. The monoisotopic (exact) mass is 348 g/mol. The molecule has 0 aliphatic carbocycles. The van der Waals surface area contributed by atoms with Crippen molar-refractivity contribution in [3.05, 3.63) is 81.6 Å². The minimum atomic E-state index is -0.485. The quantitative estimate of drug-likeness (QED) is 0.309. The van der Waals surface area contributed by atoms with Crippen LogP contribution in [0.25, 0.3) is 21.7 Å². The molecule has 0 aliphatic heterocycles. The molecule has 130 valence electrons. The van der Waals surface area contributed by atoms with Crippen LogP contribution in [0.3, 0.4) is 0 Å². The normalized spacial score (nSPS) is 11.2. The van der Waals surface area contributed by atoms with Gasteiger partial charge in [-0.05, 0) is 36.8 Å². The molecule has 0 spiro atoms. The molecule has 0 unspecified atom stereocenters. The van der Waals surface area contributed by atoms with Crippen molar-refractivity contribution < 1.29 is 18.4 Å². The van der Waals surface area contributed by atoms with Crippen molar-refractivity contribution in [2.45, 2.75) is 20.5 Å². The molecule has 4 rings (SSSR count). The molecule has 0 aliphatic rings. The highest BCUT2D eigenvalue weighted by atomic mass is 16.5. The third-order valence-electron chi connectivity index (χ3n) is 4.33. The van der Waals surface area contributed by atoms with Crippen LogP contribution in [0.1, 0.15) is 27.4 Å². The molecule has 0 N–H and O–H groups in total. The van der Waals surface area contributed by atoms with Crippen molar-refractivity contribution in [3.63, 3.8) is 0 Å². The number of fused-ring (bicyclic) bond motifs is 3. The van der Waals surface area contributed by atoms with Crippen LogP contribution < -0.4 is 5.63 Å². The Labute approximate surface area is 148 Å². The summed E-state index contributed by atoms with van der Waals surface area (Å²) in [5.41, 5.74) is 0.991. The van der Waals surface area contributed by atoms with Crippen LogP contribution in [0.5, 0.6) is 0 Å². The van der Waals surface area contributed by atoms with Gasteiger partial charge in [-0.3, -0.25) is 0 Å². The fourth-order valence-electron chi connectivity index (χ4n) is 3.19. The van der Waals surface area contributed by atoms with Crippen molar-refractivity contribution in [2.24, 2.45) is 0 Å². The maximum atomic E-state index is 12.4. The molecule has 0 radical (unpaired) electrons. The lowest BCUT2D eigenvalue weighted by molar-refractivity contribution is 0.0472. The minimum absolute atomic E-state index is 0.0292. The highest BCUT2D eigenvalue weighted by Gasteiger charge is 2.17. The highest BCUT2D eigenvalue weighted by molar-refractivity contribution is 6.07. The number of hydrogen-bond acceptors (Lipinski definition) is 5. The number of hydrogen-bond donors (Lipinski definition) is 0. The first kappa shape index (κ1) is 16.1. The molecule has 5 nitrogen and oxygen atoms in total. The number of carbonyl (C=O) groups excluding carboxylic acids is 1. The van der Waals surface area contributed by atoms with Gasteiger partial charge >= 0.3 is 11.6 Å². The molecule has 0 amide bonds. The summed E-state index contributed by atoms with van der Waals surface area (Å²) >= 11 is 0. The maximum absolute atomic E-state index is 12.4. The lowest BCUT2D eigenvalue weighted by atomic mass is 10.0. The Kier molecular flexibility index (Phi) is 3.84. The van der Waals surface area contributed by atoms with Crippen molar-refractivity contribution in [1.82, 2.24) is 0 Å². The number of rotatable bonds is 3. The van der Waals surface area contributed by atoms with Gasteiger partial charge in [0.25, 0.3) is 0 Å². The summed E-state index contributed by atoms with van der Waals surface area (Å²) in [4.78, 5) is 24.2. The number of furan rings is 1. The first-order chi connectivity index (χ1) is 12.5. The SMILES string of the molecule is Cc1cc(C(=O)OCc2cc(=O)oc3ccc4ccccc4c23)c(C)o1. The summed E-state index contributed by atoms with van der Waals surface area (Å²) in [6, 6.07) is 14.5. The van der Waals surface area contributed by atoms with E-state index in [9.17, 15) is 9.59 Å². The standard InChI is InChI=1S/C21H16O5/c1-12-9-17(13(2)25-12)21(23)24-11-15-10-19(22)26-18-8-7-14-5-3-4-6-16(14)20(15)18/h3-10H,11H2,1-2H3. The third-order valence-corrected chi connectivity index (χ3v) is 4.33. The Bertz CT molecular complexity index is 1200. The Hall–Kier alpha value is -3.34. The van der Waals surface area contributed by atoms with Gasteiger partial charge in [0.15, 0.2) is 0 Å². The number of ether oxygens (including phenoxy) is 1. The minimum Gasteiger partial charge on any atom is -0.466 e. The summed E-state index contributed by atoms with van der Waals surface area (Å²) in [5, 5.41) is 2.73. The number of benzene rings is 2. The smallest absolute Gasteiger partial charge is 0.342 e. The van der Waals surface area contributed by atoms with E-state index in [1.807, 2.05) is 30.3 Å². The average molecular weight is 348 g/mol. The molecule has 2 aromatic heterocycles. The predicted octanol–water partition coefficient (Wildman–Crippen LogP) is 4.51. The second kappa shape index (κ2) is 6.19. The van der Waals surface area contributed by atoms with Gasteiger partial charge in [0, 0.05) is 17.0 Å². The molecular formula is C21H16O5. The van der Waals surface area contributed by atoms with Gasteiger partial charge in [-0.25, -0.2) is 9.59 Å².